The van der Waals surface area contributed by atoms with Crippen molar-refractivity contribution in [3.05, 3.63) is 48.0 Å². The number of nitrogens with zero attached hydrogens (tertiary/aromatic N) is 3. The maximum absolute atomic E-state index is 12.9. The minimum atomic E-state index is -3.62. The first-order valence-corrected chi connectivity index (χ1v) is 8.59. The van der Waals surface area contributed by atoms with E-state index < -0.39 is 10.0 Å². The molecule has 0 bridgehead atoms. The van der Waals surface area contributed by atoms with Crippen molar-refractivity contribution in [2.24, 2.45) is 0 Å². The molecule has 118 valence electrons. The predicted molar refractivity (Wildman–Crippen MR) is 83.5 cm³/mol. The summed E-state index contributed by atoms with van der Waals surface area (Å²) >= 11 is 0. The molecule has 0 radical (unpaired) electrons. The van der Waals surface area contributed by atoms with Gasteiger partial charge in [0.2, 0.25) is 5.89 Å². The molecule has 0 spiro atoms. The van der Waals surface area contributed by atoms with Gasteiger partial charge < -0.3 is 9.40 Å². The molecule has 2 aromatic heterocycles. The van der Waals surface area contributed by atoms with Gasteiger partial charge in [0.05, 0.1) is 5.69 Å². The van der Waals surface area contributed by atoms with Crippen molar-refractivity contribution in [3.63, 3.8) is 0 Å². The first-order chi connectivity index (χ1) is 11.1. The Balaban J connectivity index is 1.72. The van der Waals surface area contributed by atoms with Crippen molar-refractivity contribution >= 4 is 15.7 Å². The number of anilines is 1. The third-order valence-electron chi connectivity index (χ3n) is 3.85. The minimum Gasteiger partial charge on any atom is -0.420 e. The quantitative estimate of drug-likeness (QED) is 0.794. The van der Waals surface area contributed by atoms with Gasteiger partial charge in [0.25, 0.3) is 15.9 Å². The molecule has 0 fully saturated rings. The number of sulfonamides is 1. The molecule has 1 aromatic carbocycles. The molecule has 4 rings (SSSR count). The standard InChI is InChI=1S/C15H14N4O3S/c1-10-17-18-15(22-10)13-8-12(9-16-13)23(20,21)19-7-6-11-4-2-3-5-14(11)19/h2-5,8-9,16H,6-7H2,1H3. The molecule has 1 aliphatic heterocycles. The maximum Gasteiger partial charge on any atom is 0.265 e. The number of hydrogen-bond donors (Lipinski definition) is 1. The van der Waals surface area contributed by atoms with Crippen LogP contribution >= 0.6 is 0 Å². The second-order valence-corrected chi connectivity index (χ2v) is 7.19. The highest BCUT2D eigenvalue weighted by Crippen LogP contribution is 2.33. The molecular weight excluding hydrogens is 316 g/mol. The summed E-state index contributed by atoms with van der Waals surface area (Å²) in [6, 6.07) is 9.06. The molecule has 1 aliphatic rings. The number of nitrogens with one attached hydrogen (secondary N) is 1. The molecule has 8 heteroatoms. The Kier molecular flexibility index (Phi) is 3.02. The fourth-order valence-corrected chi connectivity index (χ4v) is 4.23. The highest BCUT2D eigenvalue weighted by atomic mass is 32.2. The first-order valence-electron chi connectivity index (χ1n) is 7.15. The van der Waals surface area contributed by atoms with E-state index in [0.29, 0.717) is 18.1 Å². The number of aromatic amines is 1. The Labute approximate surface area is 133 Å². The van der Waals surface area contributed by atoms with E-state index in [2.05, 4.69) is 15.2 Å². The monoisotopic (exact) mass is 330 g/mol. The van der Waals surface area contributed by atoms with Gasteiger partial charge >= 0.3 is 0 Å². The molecule has 0 unspecified atom stereocenters. The summed E-state index contributed by atoms with van der Waals surface area (Å²) in [5, 5.41) is 7.63. The van der Waals surface area contributed by atoms with Crippen LogP contribution in [0.2, 0.25) is 0 Å². The Hall–Kier alpha value is -2.61. The van der Waals surface area contributed by atoms with Crippen molar-refractivity contribution in [1.82, 2.24) is 15.2 Å². The number of fused-ring (bicyclic) bond motifs is 1. The molecule has 23 heavy (non-hydrogen) atoms. The molecule has 7 nitrogen and oxygen atoms in total. The molecule has 0 amide bonds. The van der Waals surface area contributed by atoms with Gasteiger partial charge in [-0.15, -0.1) is 10.2 Å². The van der Waals surface area contributed by atoms with Crippen LogP contribution in [0, 0.1) is 6.92 Å². The van der Waals surface area contributed by atoms with E-state index in [1.165, 1.54) is 16.6 Å². The smallest absolute Gasteiger partial charge is 0.265 e. The summed E-state index contributed by atoms with van der Waals surface area (Å²) in [5.41, 5.74) is 2.26. The second kappa shape index (κ2) is 4.95. The number of H-pyrrole nitrogens is 1. The van der Waals surface area contributed by atoms with Gasteiger partial charge in [-0.2, -0.15) is 0 Å². The number of para-hydroxylation sites is 1. The topological polar surface area (TPSA) is 92.1 Å². The molecule has 0 aliphatic carbocycles. The Morgan fingerprint density at radius 1 is 1.26 bits per heavy atom. The largest absolute Gasteiger partial charge is 0.420 e. The lowest BCUT2D eigenvalue weighted by molar-refractivity contribution is 0.531. The van der Waals surface area contributed by atoms with Crippen LogP contribution in [-0.4, -0.2) is 30.1 Å². The van der Waals surface area contributed by atoms with E-state index in [1.807, 2.05) is 24.3 Å². The molecule has 0 atom stereocenters. The van der Waals surface area contributed by atoms with Crippen LogP contribution in [0.25, 0.3) is 11.6 Å². The highest BCUT2D eigenvalue weighted by Gasteiger charge is 2.31. The van der Waals surface area contributed by atoms with Gasteiger partial charge in [0.15, 0.2) is 0 Å². The summed E-state index contributed by atoms with van der Waals surface area (Å²) in [6.07, 6.45) is 2.17. The average Bonchev–Trinajstić information content (AvgIpc) is 3.25. The molecule has 0 saturated heterocycles. The van der Waals surface area contributed by atoms with Crippen LogP contribution in [0.3, 0.4) is 0 Å². The van der Waals surface area contributed by atoms with Crippen molar-refractivity contribution in [1.29, 1.82) is 0 Å². The average molecular weight is 330 g/mol. The molecule has 1 N–H and O–H groups in total. The zero-order chi connectivity index (χ0) is 16.0. The normalized spacial score (nSPS) is 14.2. The summed E-state index contributed by atoms with van der Waals surface area (Å²) in [7, 11) is -3.62. The van der Waals surface area contributed by atoms with Gasteiger partial charge in [0.1, 0.15) is 10.6 Å². The SMILES string of the molecule is Cc1nnc(-c2cc(S(=O)(=O)N3CCc4ccccc43)c[nH]2)o1. The fourth-order valence-electron chi connectivity index (χ4n) is 2.74. The number of aryl methyl sites for hydroxylation is 1. The van der Waals surface area contributed by atoms with Crippen molar-refractivity contribution < 1.29 is 12.8 Å². The van der Waals surface area contributed by atoms with E-state index >= 15 is 0 Å². The third-order valence-corrected chi connectivity index (χ3v) is 5.64. The highest BCUT2D eigenvalue weighted by molar-refractivity contribution is 7.92. The Bertz CT molecular complexity index is 974. The molecule has 0 saturated carbocycles. The zero-order valence-electron chi connectivity index (χ0n) is 12.4. The van der Waals surface area contributed by atoms with Gasteiger partial charge in [0, 0.05) is 19.7 Å². The summed E-state index contributed by atoms with van der Waals surface area (Å²) < 4.78 is 32.5. The van der Waals surface area contributed by atoms with Crippen LogP contribution in [0.4, 0.5) is 5.69 Å². The number of rotatable bonds is 3. The van der Waals surface area contributed by atoms with E-state index in [-0.39, 0.29) is 10.8 Å². The Morgan fingerprint density at radius 2 is 2.09 bits per heavy atom. The van der Waals surface area contributed by atoms with E-state index in [4.69, 9.17) is 4.42 Å². The van der Waals surface area contributed by atoms with Crippen LogP contribution in [0.1, 0.15) is 11.5 Å². The number of aromatic nitrogens is 3. The van der Waals surface area contributed by atoms with Gasteiger partial charge in [-0.1, -0.05) is 18.2 Å². The Morgan fingerprint density at radius 3 is 2.87 bits per heavy atom. The van der Waals surface area contributed by atoms with Gasteiger partial charge in [-0.05, 0) is 24.1 Å². The van der Waals surface area contributed by atoms with E-state index in [1.54, 1.807) is 6.92 Å². The third kappa shape index (κ3) is 2.22. The minimum absolute atomic E-state index is 0.181. The predicted octanol–water partition coefficient (Wildman–Crippen LogP) is 2.12. The van der Waals surface area contributed by atoms with Crippen LogP contribution in [0.5, 0.6) is 0 Å². The van der Waals surface area contributed by atoms with Crippen LogP contribution in [-0.2, 0) is 16.4 Å². The molecular formula is C15H14N4O3S. The van der Waals surface area contributed by atoms with E-state index in [9.17, 15) is 8.42 Å². The summed E-state index contributed by atoms with van der Waals surface area (Å²) in [6.45, 7) is 2.13. The summed E-state index contributed by atoms with van der Waals surface area (Å²) in [4.78, 5) is 3.07. The van der Waals surface area contributed by atoms with Crippen molar-refractivity contribution in [2.45, 2.75) is 18.2 Å². The second-order valence-electron chi connectivity index (χ2n) is 5.33. The van der Waals surface area contributed by atoms with Crippen LogP contribution < -0.4 is 4.31 Å². The van der Waals surface area contributed by atoms with Crippen molar-refractivity contribution in [2.75, 3.05) is 10.8 Å². The number of hydrogen-bond acceptors (Lipinski definition) is 5. The lowest BCUT2D eigenvalue weighted by Crippen LogP contribution is -2.28. The van der Waals surface area contributed by atoms with Gasteiger partial charge in [-0.3, -0.25) is 4.31 Å². The number of benzene rings is 1. The van der Waals surface area contributed by atoms with E-state index in [0.717, 1.165) is 17.7 Å². The maximum atomic E-state index is 12.9. The lowest BCUT2D eigenvalue weighted by Gasteiger charge is -2.18. The molecule has 3 heterocycles. The van der Waals surface area contributed by atoms with Crippen molar-refractivity contribution in [3.8, 4) is 11.6 Å². The summed E-state index contributed by atoms with van der Waals surface area (Å²) in [5.74, 6) is 0.693. The zero-order valence-corrected chi connectivity index (χ0v) is 13.2. The molecule has 3 aromatic rings. The first kappa shape index (κ1) is 14.0. The fraction of sp³-hybridized carbons (Fsp3) is 0.200. The van der Waals surface area contributed by atoms with Crippen LogP contribution in [0.15, 0.2) is 45.8 Å². The lowest BCUT2D eigenvalue weighted by atomic mass is 10.2. The van der Waals surface area contributed by atoms with Gasteiger partial charge in [-0.25, -0.2) is 8.42 Å².